The van der Waals surface area contributed by atoms with Crippen molar-refractivity contribution < 1.29 is 0 Å². The SMILES string of the molecule is C=CCN[Si](NCC=C)(C1CCCCC1)C(C)(C)C(C)C. The van der Waals surface area contributed by atoms with E-state index < -0.39 is 8.40 Å². The number of hydrogen-bond acceptors (Lipinski definition) is 2. The van der Waals surface area contributed by atoms with E-state index in [0.29, 0.717) is 11.0 Å². The molecule has 0 spiro atoms. The molecule has 3 heteroatoms. The fourth-order valence-corrected chi connectivity index (χ4v) is 9.57. The molecule has 21 heavy (non-hydrogen) atoms. The van der Waals surface area contributed by atoms with Gasteiger partial charge in [0.05, 0.1) is 0 Å². The van der Waals surface area contributed by atoms with Crippen LogP contribution >= 0.6 is 0 Å². The maximum absolute atomic E-state index is 3.97. The molecule has 0 radical (unpaired) electrons. The lowest BCUT2D eigenvalue weighted by Crippen LogP contribution is -2.72. The summed E-state index contributed by atoms with van der Waals surface area (Å²) in [5, 5.41) is 0.293. The quantitative estimate of drug-likeness (QED) is 0.474. The first-order chi connectivity index (χ1) is 9.92. The first-order valence-electron chi connectivity index (χ1n) is 8.64. The highest BCUT2D eigenvalue weighted by Crippen LogP contribution is 2.50. The minimum Gasteiger partial charge on any atom is -0.321 e. The predicted molar refractivity (Wildman–Crippen MR) is 97.9 cm³/mol. The van der Waals surface area contributed by atoms with E-state index in [0.717, 1.165) is 18.6 Å². The van der Waals surface area contributed by atoms with Gasteiger partial charge >= 0.3 is 0 Å². The zero-order valence-corrected chi connectivity index (χ0v) is 15.7. The standard InChI is InChI=1S/C18H36N2Si/c1-7-14-19-21(20-15-8-2,18(5,6)16(3)4)17-12-10-9-11-13-17/h7-8,16-17,19-20H,1-2,9-15H2,3-6H3. The first kappa shape index (κ1) is 18.7. The van der Waals surface area contributed by atoms with Crippen LogP contribution in [-0.4, -0.2) is 21.5 Å². The van der Waals surface area contributed by atoms with Crippen molar-refractivity contribution in [1.82, 2.24) is 9.96 Å². The van der Waals surface area contributed by atoms with E-state index in [4.69, 9.17) is 0 Å². The molecular formula is C18H36N2Si. The summed E-state index contributed by atoms with van der Waals surface area (Å²) >= 11 is 0. The molecule has 0 amide bonds. The van der Waals surface area contributed by atoms with Crippen molar-refractivity contribution in [3.05, 3.63) is 25.3 Å². The maximum Gasteiger partial charge on any atom is 0.211 e. The van der Waals surface area contributed by atoms with Crippen molar-refractivity contribution in [3.63, 3.8) is 0 Å². The fourth-order valence-electron chi connectivity index (χ4n) is 3.79. The predicted octanol–water partition coefficient (Wildman–Crippen LogP) is 4.75. The van der Waals surface area contributed by atoms with E-state index in [-0.39, 0.29) is 0 Å². The second kappa shape index (κ2) is 8.30. The van der Waals surface area contributed by atoms with Gasteiger partial charge in [-0.25, -0.2) is 0 Å². The average Bonchev–Trinajstić information content (AvgIpc) is 2.48. The minimum absolute atomic E-state index is 0.293. The fraction of sp³-hybridized carbons (Fsp3) is 0.778. The van der Waals surface area contributed by atoms with E-state index in [1.807, 2.05) is 12.2 Å². The summed E-state index contributed by atoms with van der Waals surface area (Å²) in [4.78, 5) is 7.94. The van der Waals surface area contributed by atoms with Gasteiger partial charge in [-0.3, -0.25) is 0 Å². The Morgan fingerprint density at radius 2 is 1.52 bits per heavy atom. The van der Waals surface area contributed by atoms with Gasteiger partial charge in [0.2, 0.25) is 8.40 Å². The summed E-state index contributed by atoms with van der Waals surface area (Å²) < 4.78 is 0. The molecule has 0 aliphatic heterocycles. The lowest BCUT2D eigenvalue weighted by atomic mass is 9.98. The van der Waals surface area contributed by atoms with Crippen molar-refractivity contribution in [3.8, 4) is 0 Å². The monoisotopic (exact) mass is 308 g/mol. The van der Waals surface area contributed by atoms with Crippen LogP contribution in [0.25, 0.3) is 0 Å². The van der Waals surface area contributed by atoms with Crippen molar-refractivity contribution >= 4 is 8.40 Å². The zero-order valence-electron chi connectivity index (χ0n) is 14.7. The molecule has 2 N–H and O–H groups in total. The Bertz CT molecular complexity index is 318. The van der Waals surface area contributed by atoms with Gasteiger partial charge in [0.25, 0.3) is 0 Å². The van der Waals surface area contributed by atoms with E-state index in [1.165, 1.54) is 32.1 Å². The van der Waals surface area contributed by atoms with Crippen LogP contribution in [-0.2, 0) is 0 Å². The lowest BCUT2D eigenvalue weighted by molar-refractivity contribution is 0.398. The van der Waals surface area contributed by atoms with Gasteiger partial charge in [0.15, 0.2) is 0 Å². The molecule has 1 rings (SSSR count). The molecule has 0 aromatic carbocycles. The Hall–Kier alpha value is -0.383. The van der Waals surface area contributed by atoms with Gasteiger partial charge in [-0.15, -0.1) is 13.2 Å². The van der Waals surface area contributed by atoms with Crippen LogP contribution in [0.15, 0.2) is 25.3 Å². The average molecular weight is 309 g/mol. The molecule has 0 heterocycles. The second-order valence-electron chi connectivity index (χ2n) is 7.36. The van der Waals surface area contributed by atoms with Crippen molar-refractivity contribution in [1.29, 1.82) is 0 Å². The molecule has 1 saturated carbocycles. The molecule has 1 aliphatic rings. The third kappa shape index (κ3) is 4.08. The maximum atomic E-state index is 3.97. The van der Waals surface area contributed by atoms with Crippen LogP contribution in [0.2, 0.25) is 10.6 Å². The van der Waals surface area contributed by atoms with E-state index in [1.54, 1.807) is 0 Å². The van der Waals surface area contributed by atoms with E-state index in [9.17, 15) is 0 Å². The molecule has 1 fully saturated rings. The molecule has 1 aliphatic carbocycles. The number of nitrogens with one attached hydrogen (secondary N) is 2. The van der Waals surface area contributed by atoms with Crippen molar-refractivity contribution in [2.75, 3.05) is 13.1 Å². The largest absolute Gasteiger partial charge is 0.321 e. The van der Waals surface area contributed by atoms with Crippen LogP contribution in [0.1, 0.15) is 59.8 Å². The third-order valence-corrected chi connectivity index (χ3v) is 11.7. The smallest absolute Gasteiger partial charge is 0.211 e. The molecular weight excluding hydrogens is 272 g/mol. The van der Waals surface area contributed by atoms with Crippen LogP contribution in [0.5, 0.6) is 0 Å². The molecule has 0 bridgehead atoms. The molecule has 0 aromatic rings. The Labute approximate surface area is 133 Å². The highest BCUT2D eigenvalue weighted by molar-refractivity contribution is 6.79. The van der Waals surface area contributed by atoms with Gasteiger partial charge in [-0.2, -0.15) is 0 Å². The van der Waals surface area contributed by atoms with Gasteiger partial charge in [0, 0.05) is 13.1 Å². The summed E-state index contributed by atoms with van der Waals surface area (Å²) in [5.41, 5.74) is 0.809. The first-order valence-corrected chi connectivity index (χ1v) is 10.7. The minimum atomic E-state index is -1.87. The van der Waals surface area contributed by atoms with Crippen LogP contribution in [0.3, 0.4) is 0 Å². The summed E-state index contributed by atoms with van der Waals surface area (Å²) in [6.45, 7) is 19.3. The highest BCUT2D eigenvalue weighted by atomic mass is 28.3. The summed E-state index contributed by atoms with van der Waals surface area (Å²) in [6.07, 6.45) is 10.9. The highest BCUT2D eigenvalue weighted by Gasteiger charge is 2.54. The number of rotatable bonds is 9. The Morgan fingerprint density at radius 3 is 1.90 bits per heavy atom. The van der Waals surface area contributed by atoms with Gasteiger partial charge < -0.3 is 9.96 Å². The Morgan fingerprint density at radius 1 is 1.05 bits per heavy atom. The summed E-state index contributed by atoms with van der Waals surface area (Å²) in [6, 6.07) is 0. The molecule has 0 atom stereocenters. The topological polar surface area (TPSA) is 24.1 Å². The second-order valence-corrected chi connectivity index (χ2v) is 11.8. The van der Waals surface area contributed by atoms with Gasteiger partial charge in [-0.05, 0) is 16.5 Å². The number of hydrogen-bond donors (Lipinski definition) is 2. The Kier molecular flexibility index (Phi) is 7.38. The molecule has 0 unspecified atom stereocenters. The molecule has 2 nitrogen and oxygen atoms in total. The van der Waals surface area contributed by atoms with Gasteiger partial charge in [0.1, 0.15) is 0 Å². The Balaban J connectivity index is 3.17. The van der Waals surface area contributed by atoms with Crippen molar-refractivity contribution in [2.24, 2.45) is 5.92 Å². The zero-order chi connectivity index (χ0) is 15.9. The molecule has 122 valence electrons. The van der Waals surface area contributed by atoms with Crippen molar-refractivity contribution in [2.45, 2.75) is 70.4 Å². The normalized spacial score (nSPS) is 18.0. The van der Waals surface area contributed by atoms with Crippen LogP contribution in [0, 0.1) is 5.92 Å². The van der Waals surface area contributed by atoms with E-state index >= 15 is 0 Å². The summed E-state index contributed by atoms with van der Waals surface area (Å²) in [5.74, 6) is 0.653. The van der Waals surface area contributed by atoms with Gasteiger partial charge in [-0.1, -0.05) is 72.0 Å². The lowest BCUT2D eigenvalue weighted by Gasteiger charge is -2.53. The summed E-state index contributed by atoms with van der Waals surface area (Å²) in [7, 11) is -1.87. The van der Waals surface area contributed by atoms with Crippen LogP contribution < -0.4 is 9.96 Å². The third-order valence-electron chi connectivity index (χ3n) is 5.73. The van der Waals surface area contributed by atoms with E-state index in [2.05, 4.69) is 50.8 Å². The molecule has 0 saturated heterocycles. The molecule has 0 aromatic heterocycles. The van der Waals surface area contributed by atoms with Crippen LogP contribution in [0.4, 0.5) is 0 Å².